The van der Waals surface area contributed by atoms with Gasteiger partial charge in [0.05, 0.1) is 0 Å². The maximum atomic E-state index is 12.2. The van der Waals surface area contributed by atoms with Crippen molar-refractivity contribution in [1.29, 1.82) is 0 Å². The second-order valence-electron chi connectivity index (χ2n) is 5.38. The van der Waals surface area contributed by atoms with Gasteiger partial charge in [-0.3, -0.25) is 4.79 Å². The number of benzene rings is 1. The maximum absolute atomic E-state index is 12.2. The lowest BCUT2D eigenvalue weighted by Crippen LogP contribution is -2.25. The van der Waals surface area contributed by atoms with E-state index in [9.17, 15) is 9.90 Å². The Morgan fingerprint density at radius 1 is 1.26 bits per heavy atom. The smallest absolute Gasteiger partial charge is 0.251 e. The van der Waals surface area contributed by atoms with Crippen LogP contribution in [0.1, 0.15) is 34.7 Å². The van der Waals surface area contributed by atoms with Crippen LogP contribution in [0, 0.1) is 0 Å². The van der Waals surface area contributed by atoms with Gasteiger partial charge in [0.25, 0.3) is 5.91 Å². The molecule has 0 spiro atoms. The Bertz CT molecular complexity index is 657. The van der Waals surface area contributed by atoms with E-state index in [1.165, 1.54) is 5.56 Å². The summed E-state index contributed by atoms with van der Waals surface area (Å²) in [4.78, 5) is 12.2. The van der Waals surface area contributed by atoms with Crippen LogP contribution in [0.25, 0.3) is 0 Å². The van der Waals surface area contributed by atoms with Crippen molar-refractivity contribution in [2.75, 3.05) is 19.9 Å². The maximum Gasteiger partial charge on any atom is 0.251 e. The molecule has 1 aromatic heterocycles. The van der Waals surface area contributed by atoms with Crippen molar-refractivity contribution in [3.63, 3.8) is 0 Å². The number of fused-ring (bicyclic) bond motifs is 1. The van der Waals surface area contributed by atoms with Crippen molar-refractivity contribution in [2.45, 2.75) is 18.8 Å². The third-order valence-corrected chi connectivity index (χ3v) is 4.61. The molecule has 1 aromatic carbocycles. The van der Waals surface area contributed by atoms with Gasteiger partial charge in [0.1, 0.15) is 0 Å². The van der Waals surface area contributed by atoms with Gasteiger partial charge in [-0.1, -0.05) is 0 Å². The molecule has 23 heavy (non-hydrogen) atoms. The number of carbonyl (C=O) groups excluding carboxylic acids is 1. The molecule has 0 saturated carbocycles. The van der Waals surface area contributed by atoms with Crippen LogP contribution in [-0.2, 0) is 0 Å². The zero-order valence-corrected chi connectivity index (χ0v) is 13.5. The SMILES string of the molecule is O=C(NCC[C@@H](CCO)c1ccsc1)c1ccc2c(c1)OCO2. The predicted molar refractivity (Wildman–Crippen MR) is 88.3 cm³/mol. The van der Waals surface area contributed by atoms with Crippen molar-refractivity contribution in [2.24, 2.45) is 0 Å². The molecule has 1 amide bonds. The normalized spacial score (nSPS) is 13.8. The van der Waals surface area contributed by atoms with Gasteiger partial charge >= 0.3 is 0 Å². The lowest BCUT2D eigenvalue weighted by atomic mass is 9.95. The van der Waals surface area contributed by atoms with Gasteiger partial charge in [-0.2, -0.15) is 11.3 Å². The lowest BCUT2D eigenvalue weighted by molar-refractivity contribution is 0.0951. The number of nitrogens with one attached hydrogen (secondary N) is 1. The highest BCUT2D eigenvalue weighted by molar-refractivity contribution is 7.07. The minimum Gasteiger partial charge on any atom is -0.454 e. The summed E-state index contributed by atoms with van der Waals surface area (Å²) >= 11 is 1.65. The first kappa shape index (κ1) is 15.8. The monoisotopic (exact) mass is 333 g/mol. The molecular formula is C17H19NO4S. The quantitative estimate of drug-likeness (QED) is 0.817. The topological polar surface area (TPSA) is 67.8 Å². The van der Waals surface area contributed by atoms with E-state index in [1.807, 2.05) is 5.38 Å². The van der Waals surface area contributed by atoms with E-state index < -0.39 is 0 Å². The number of hydrogen-bond donors (Lipinski definition) is 2. The molecule has 0 radical (unpaired) electrons. The molecule has 0 bridgehead atoms. The average molecular weight is 333 g/mol. The van der Waals surface area contributed by atoms with Crippen molar-refractivity contribution < 1.29 is 19.4 Å². The van der Waals surface area contributed by atoms with E-state index in [4.69, 9.17) is 9.47 Å². The van der Waals surface area contributed by atoms with Gasteiger partial charge in [0.2, 0.25) is 6.79 Å². The molecule has 0 unspecified atom stereocenters. The highest BCUT2D eigenvalue weighted by Gasteiger charge is 2.17. The van der Waals surface area contributed by atoms with Crippen molar-refractivity contribution in [1.82, 2.24) is 5.32 Å². The van der Waals surface area contributed by atoms with Crippen LogP contribution in [0.5, 0.6) is 11.5 Å². The number of aliphatic hydroxyl groups excluding tert-OH is 1. The number of amides is 1. The molecule has 1 atom stereocenters. The van der Waals surface area contributed by atoms with Crippen molar-refractivity contribution >= 4 is 17.2 Å². The Labute approximate surface area is 138 Å². The van der Waals surface area contributed by atoms with E-state index in [1.54, 1.807) is 29.5 Å². The molecule has 1 aliphatic rings. The number of hydrogen-bond acceptors (Lipinski definition) is 5. The predicted octanol–water partition coefficient (Wildman–Crippen LogP) is 2.76. The zero-order chi connectivity index (χ0) is 16.1. The van der Waals surface area contributed by atoms with Crippen LogP contribution >= 0.6 is 11.3 Å². The molecule has 3 rings (SSSR count). The summed E-state index contributed by atoms with van der Waals surface area (Å²) in [7, 11) is 0. The lowest BCUT2D eigenvalue weighted by Gasteiger charge is -2.15. The van der Waals surface area contributed by atoms with Gasteiger partial charge in [0, 0.05) is 18.7 Å². The molecular weight excluding hydrogens is 314 g/mol. The molecule has 0 aliphatic carbocycles. The summed E-state index contributed by atoms with van der Waals surface area (Å²) in [5, 5.41) is 16.3. The second-order valence-corrected chi connectivity index (χ2v) is 6.16. The average Bonchev–Trinajstić information content (AvgIpc) is 3.24. The Hall–Kier alpha value is -2.05. The molecule has 2 heterocycles. The Morgan fingerprint density at radius 3 is 2.91 bits per heavy atom. The summed E-state index contributed by atoms with van der Waals surface area (Å²) in [6.45, 7) is 0.911. The molecule has 1 aliphatic heterocycles. The van der Waals surface area contributed by atoms with Gasteiger partial charge < -0.3 is 19.9 Å². The highest BCUT2D eigenvalue weighted by atomic mass is 32.1. The first-order chi connectivity index (χ1) is 11.3. The Morgan fingerprint density at radius 2 is 2.13 bits per heavy atom. The number of carbonyl (C=O) groups is 1. The first-order valence-corrected chi connectivity index (χ1v) is 8.53. The fourth-order valence-corrected chi connectivity index (χ4v) is 3.38. The fraction of sp³-hybridized carbons (Fsp3) is 0.353. The molecule has 0 fully saturated rings. The van der Waals surface area contributed by atoms with Crippen molar-refractivity contribution in [3.8, 4) is 11.5 Å². The third-order valence-electron chi connectivity index (χ3n) is 3.91. The van der Waals surface area contributed by atoms with Crippen LogP contribution < -0.4 is 14.8 Å². The highest BCUT2D eigenvalue weighted by Crippen LogP contribution is 2.32. The molecule has 0 saturated heterocycles. The van der Waals surface area contributed by atoms with Gasteiger partial charge in [-0.25, -0.2) is 0 Å². The first-order valence-electron chi connectivity index (χ1n) is 7.58. The van der Waals surface area contributed by atoms with Gasteiger partial charge in [0.15, 0.2) is 11.5 Å². The van der Waals surface area contributed by atoms with Crippen LogP contribution in [0.4, 0.5) is 0 Å². The van der Waals surface area contributed by atoms with Gasteiger partial charge in [-0.05, 0) is 59.3 Å². The van der Waals surface area contributed by atoms with Crippen LogP contribution in [0.3, 0.4) is 0 Å². The summed E-state index contributed by atoms with van der Waals surface area (Å²) in [6.07, 6.45) is 1.50. The Kier molecular flexibility index (Phi) is 5.15. The fourth-order valence-electron chi connectivity index (χ4n) is 2.64. The molecule has 6 heteroatoms. The molecule has 122 valence electrons. The summed E-state index contributed by atoms with van der Waals surface area (Å²) in [5.74, 6) is 1.41. The second kappa shape index (κ2) is 7.48. The minimum atomic E-state index is -0.128. The van der Waals surface area contributed by atoms with Crippen molar-refractivity contribution in [3.05, 3.63) is 46.2 Å². The Balaban J connectivity index is 1.54. The van der Waals surface area contributed by atoms with E-state index in [2.05, 4.69) is 16.8 Å². The summed E-state index contributed by atoms with van der Waals surface area (Å²) in [5.41, 5.74) is 1.78. The van der Waals surface area contributed by atoms with E-state index >= 15 is 0 Å². The standard InChI is InChI=1S/C17H19NO4S/c19-7-4-12(14-5-8-23-10-14)3-6-18-17(20)13-1-2-15-16(9-13)22-11-21-15/h1-2,5,8-10,12,19H,3-4,6-7,11H2,(H,18,20)/t12-/m0/s1. The van der Waals surface area contributed by atoms with E-state index in [0.717, 1.165) is 6.42 Å². The third kappa shape index (κ3) is 3.83. The largest absolute Gasteiger partial charge is 0.454 e. The van der Waals surface area contributed by atoms with E-state index in [0.29, 0.717) is 30.0 Å². The van der Waals surface area contributed by atoms with E-state index in [-0.39, 0.29) is 25.2 Å². The molecule has 2 N–H and O–H groups in total. The number of thiophene rings is 1. The molecule has 2 aromatic rings. The van der Waals surface area contributed by atoms with Gasteiger partial charge in [-0.15, -0.1) is 0 Å². The number of ether oxygens (including phenoxy) is 2. The number of aliphatic hydroxyl groups is 1. The van der Waals surface area contributed by atoms with Crippen LogP contribution in [-0.4, -0.2) is 31.0 Å². The zero-order valence-electron chi connectivity index (χ0n) is 12.7. The van der Waals surface area contributed by atoms with Crippen LogP contribution in [0.15, 0.2) is 35.0 Å². The number of rotatable bonds is 7. The summed E-state index contributed by atoms with van der Waals surface area (Å²) < 4.78 is 10.5. The minimum absolute atomic E-state index is 0.128. The summed E-state index contributed by atoms with van der Waals surface area (Å²) in [6, 6.07) is 7.25. The molecule has 5 nitrogen and oxygen atoms in total. The van der Waals surface area contributed by atoms with Crippen LogP contribution in [0.2, 0.25) is 0 Å².